The molecule has 1 aliphatic heterocycles. The van der Waals surface area contributed by atoms with Crippen molar-refractivity contribution in [1.29, 1.82) is 0 Å². The fourth-order valence-electron chi connectivity index (χ4n) is 3.06. The topological polar surface area (TPSA) is 76.0 Å². The third-order valence-electron chi connectivity index (χ3n) is 4.31. The molecular weight excluding hydrogens is 256 g/mol. The minimum Gasteiger partial charge on any atom is -0.310 e. The third kappa shape index (κ3) is 2.19. The highest BCUT2D eigenvalue weighted by molar-refractivity contribution is 5.98. The van der Waals surface area contributed by atoms with Gasteiger partial charge in [0.05, 0.1) is 0 Å². The van der Waals surface area contributed by atoms with E-state index in [2.05, 4.69) is 15.7 Å². The Bertz CT molecular complexity index is 558. The van der Waals surface area contributed by atoms with Gasteiger partial charge in [-0.2, -0.15) is 5.10 Å². The average molecular weight is 276 g/mol. The highest BCUT2D eigenvalue weighted by atomic mass is 16.2. The lowest BCUT2D eigenvalue weighted by Gasteiger charge is -2.19. The number of anilines is 2. The molecule has 3 rings (SSSR count). The maximum absolute atomic E-state index is 12.2. The van der Waals surface area contributed by atoms with Crippen LogP contribution in [0.1, 0.15) is 38.2 Å². The molecule has 0 spiro atoms. The minimum absolute atomic E-state index is 0.00849. The van der Waals surface area contributed by atoms with Gasteiger partial charge in [-0.25, -0.2) is 0 Å². The van der Waals surface area contributed by atoms with Crippen LogP contribution >= 0.6 is 0 Å². The van der Waals surface area contributed by atoms with E-state index in [-0.39, 0.29) is 23.7 Å². The van der Waals surface area contributed by atoms with Gasteiger partial charge in [-0.05, 0) is 19.3 Å². The van der Waals surface area contributed by atoms with Gasteiger partial charge in [-0.3, -0.25) is 14.3 Å². The summed E-state index contributed by atoms with van der Waals surface area (Å²) in [5.74, 6) is 1.40. The zero-order chi connectivity index (χ0) is 14.3. The van der Waals surface area contributed by atoms with Gasteiger partial charge < -0.3 is 10.6 Å². The van der Waals surface area contributed by atoms with E-state index in [0.29, 0.717) is 18.1 Å². The molecule has 0 bridgehead atoms. The maximum Gasteiger partial charge on any atom is 0.228 e. The Morgan fingerprint density at radius 1 is 1.40 bits per heavy atom. The predicted octanol–water partition coefficient (Wildman–Crippen LogP) is 1.68. The van der Waals surface area contributed by atoms with Crippen molar-refractivity contribution in [2.45, 2.75) is 39.0 Å². The molecule has 1 atom stereocenters. The highest BCUT2D eigenvalue weighted by Gasteiger charge is 2.30. The number of nitrogens with zero attached hydrogens (tertiary/aromatic N) is 2. The van der Waals surface area contributed by atoms with Gasteiger partial charge in [-0.15, -0.1) is 0 Å². The molecular formula is C14H20N4O2. The number of rotatable bonds is 2. The van der Waals surface area contributed by atoms with Crippen LogP contribution in [-0.4, -0.2) is 21.6 Å². The number of hydrogen-bond donors (Lipinski definition) is 2. The maximum atomic E-state index is 12.2. The van der Waals surface area contributed by atoms with Crippen molar-refractivity contribution >= 4 is 23.5 Å². The summed E-state index contributed by atoms with van der Waals surface area (Å²) in [5.41, 5.74) is 0.936. The summed E-state index contributed by atoms with van der Waals surface area (Å²) >= 11 is 0. The highest BCUT2D eigenvalue weighted by Crippen LogP contribution is 2.32. The van der Waals surface area contributed by atoms with Gasteiger partial charge in [0.1, 0.15) is 5.82 Å². The monoisotopic (exact) mass is 276 g/mol. The summed E-state index contributed by atoms with van der Waals surface area (Å²) < 4.78 is 1.63. The molecule has 2 amide bonds. The van der Waals surface area contributed by atoms with Crippen molar-refractivity contribution in [1.82, 2.24) is 9.78 Å². The van der Waals surface area contributed by atoms with Crippen LogP contribution < -0.4 is 10.6 Å². The lowest BCUT2D eigenvalue weighted by Crippen LogP contribution is -2.29. The number of carbonyl (C=O) groups is 2. The first kappa shape index (κ1) is 13.1. The molecule has 1 fully saturated rings. The van der Waals surface area contributed by atoms with Gasteiger partial charge in [0.15, 0.2) is 5.82 Å². The van der Waals surface area contributed by atoms with Crippen molar-refractivity contribution < 1.29 is 9.59 Å². The molecule has 0 unspecified atom stereocenters. The Morgan fingerprint density at radius 3 is 2.80 bits per heavy atom. The van der Waals surface area contributed by atoms with Crippen LogP contribution in [0.4, 0.5) is 11.6 Å². The number of aromatic nitrogens is 2. The molecule has 0 saturated heterocycles. The Morgan fingerprint density at radius 2 is 2.10 bits per heavy atom. The number of aryl methyl sites for hydroxylation is 1. The molecule has 6 heteroatoms. The van der Waals surface area contributed by atoms with Crippen molar-refractivity contribution in [3.8, 4) is 0 Å². The van der Waals surface area contributed by atoms with Crippen LogP contribution in [0.15, 0.2) is 0 Å². The molecule has 1 saturated carbocycles. The standard InChI is InChI=1S/C14H20N4O2/c1-8-7-10-11(15-14(20)9-5-3-4-6-9)17-18(2)12(10)16-13(8)19/h8-9H,3-7H2,1-2H3,(H,16,19)(H,15,17,20)/t8-/m0/s1. The van der Waals surface area contributed by atoms with Crippen LogP contribution in [0.25, 0.3) is 0 Å². The summed E-state index contributed by atoms with van der Waals surface area (Å²) in [6.07, 6.45) is 4.81. The summed E-state index contributed by atoms with van der Waals surface area (Å²) in [4.78, 5) is 23.9. The first-order valence-corrected chi connectivity index (χ1v) is 7.24. The third-order valence-corrected chi connectivity index (χ3v) is 4.31. The summed E-state index contributed by atoms with van der Waals surface area (Å²) in [6.45, 7) is 1.88. The molecule has 0 radical (unpaired) electrons. The van der Waals surface area contributed by atoms with E-state index >= 15 is 0 Å². The van der Waals surface area contributed by atoms with Crippen LogP contribution in [0.2, 0.25) is 0 Å². The van der Waals surface area contributed by atoms with Gasteiger partial charge in [0.25, 0.3) is 0 Å². The summed E-state index contributed by atoms with van der Waals surface area (Å²) in [5, 5.41) is 10.1. The second-order valence-corrected chi connectivity index (χ2v) is 5.86. The summed E-state index contributed by atoms with van der Waals surface area (Å²) in [6, 6.07) is 0. The predicted molar refractivity (Wildman–Crippen MR) is 75.3 cm³/mol. The van der Waals surface area contributed by atoms with Crippen LogP contribution in [-0.2, 0) is 23.1 Å². The normalized spacial score (nSPS) is 22.5. The molecule has 1 aromatic heterocycles. The van der Waals surface area contributed by atoms with Crippen LogP contribution in [0.5, 0.6) is 0 Å². The molecule has 108 valence electrons. The SMILES string of the molecule is C[C@H]1Cc2c(NC(=O)C3CCCC3)nn(C)c2NC1=O. The zero-order valence-electron chi connectivity index (χ0n) is 11.9. The molecule has 20 heavy (non-hydrogen) atoms. The molecule has 2 heterocycles. The lowest BCUT2D eigenvalue weighted by molar-refractivity contribution is -0.120. The van der Waals surface area contributed by atoms with E-state index < -0.39 is 0 Å². The van der Waals surface area contributed by atoms with Crippen molar-refractivity contribution in [3.05, 3.63) is 5.56 Å². The van der Waals surface area contributed by atoms with Gasteiger partial charge >= 0.3 is 0 Å². The second kappa shape index (κ2) is 4.92. The summed E-state index contributed by atoms with van der Waals surface area (Å²) in [7, 11) is 1.78. The first-order valence-electron chi connectivity index (χ1n) is 7.24. The zero-order valence-corrected chi connectivity index (χ0v) is 11.9. The Balaban J connectivity index is 1.82. The average Bonchev–Trinajstić information content (AvgIpc) is 3.02. The van der Waals surface area contributed by atoms with Gasteiger partial charge in [0, 0.05) is 24.4 Å². The molecule has 2 N–H and O–H groups in total. The first-order chi connectivity index (χ1) is 9.56. The molecule has 0 aromatic carbocycles. The van der Waals surface area contributed by atoms with E-state index in [1.54, 1.807) is 11.7 Å². The number of amides is 2. The van der Waals surface area contributed by atoms with Crippen molar-refractivity contribution in [2.75, 3.05) is 10.6 Å². The van der Waals surface area contributed by atoms with E-state index in [0.717, 1.165) is 31.2 Å². The minimum atomic E-state index is -0.0890. The Hall–Kier alpha value is -1.85. The number of carbonyl (C=O) groups excluding carboxylic acids is 2. The van der Waals surface area contributed by atoms with Crippen LogP contribution in [0.3, 0.4) is 0 Å². The second-order valence-electron chi connectivity index (χ2n) is 5.86. The van der Waals surface area contributed by atoms with Crippen molar-refractivity contribution in [2.24, 2.45) is 18.9 Å². The van der Waals surface area contributed by atoms with Crippen molar-refractivity contribution in [3.63, 3.8) is 0 Å². The van der Waals surface area contributed by atoms with Gasteiger partial charge in [0.2, 0.25) is 11.8 Å². The molecule has 1 aromatic rings. The lowest BCUT2D eigenvalue weighted by atomic mass is 9.97. The number of hydrogen-bond acceptors (Lipinski definition) is 3. The van der Waals surface area contributed by atoms with E-state index in [9.17, 15) is 9.59 Å². The van der Waals surface area contributed by atoms with E-state index in [4.69, 9.17) is 0 Å². The smallest absolute Gasteiger partial charge is 0.228 e. The molecule has 1 aliphatic carbocycles. The fourth-order valence-corrected chi connectivity index (χ4v) is 3.06. The Kier molecular flexibility index (Phi) is 3.23. The van der Waals surface area contributed by atoms with Gasteiger partial charge in [-0.1, -0.05) is 19.8 Å². The molecule has 6 nitrogen and oxygen atoms in total. The number of fused-ring (bicyclic) bond motifs is 1. The number of nitrogens with one attached hydrogen (secondary N) is 2. The van der Waals surface area contributed by atoms with Crippen LogP contribution in [0, 0.1) is 11.8 Å². The molecule has 2 aliphatic rings. The fraction of sp³-hybridized carbons (Fsp3) is 0.643. The van der Waals surface area contributed by atoms with E-state index in [1.165, 1.54) is 0 Å². The van der Waals surface area contributed by atoms with E-state index in [1.807, 2.05) is 6.92 Å². The largest absolute Gasteiger partial charge is 0.310 e. The quantitative estimate of drug-likeness (QED) is 0.863. The Labute approximate surface area is 117 Å².